The lowest BCUT2D eigenvalue weighted by atomic mass is 10.2. The van der Waals surface area contributed by atoms with Crippen LogP contribution in [0.25, 0.3) is 0 Å². The van der Waals surface area contributed by atoms with Crippen LogP contribution in [0.5, 0.6) is 0 Å². The number of hydrogen-bond acceptors (Lipinski definition) is 3. The van der Waals surface area contributed by atoms with Crippen LogP contribution < -0.4 is 0 Å². The molecule has 0 saturated carbocycles. The van der Waals surface area contributed by atoms with Gasteiger partial charge >= 0.3 is 0 Å². The molecule has 0 spiro atoms. The number of hydrogen-bond donors (Lipinski definition) is 0. The molecule has 0 aliphatic carbocycles. The van der Waals surface area contributed by atoms with Gasteiger partial charge in [-0.25, -0.2) is 4.39 Å². The Morgan fingerprint density at radius 2 is 2.00 bits per heavy atom. The predicted molar refractivity (Wildman–Crippen MR) is 70.6 cm³/mol. The highest BCUT2D eigenvalue weighted by molar-refractivity contribution is 6.69. The summed E-state index contributed by atoms with van der Waals surface area (Å²) in [4.78, 5) is 3.94. The summed E-state index contributed by atoms with van der Waals surface area (Å²) in [7, 11) is 0. The van der Waals surface area contributed by atoms with E-state index in [1.165, 1.54) is 12.1 Å². The van der Waals surface area contributed by atoms with Crippen molar-refractivity contribution in [3.8, 4) is 0 Å². The number of nitrogens with zero attached hydrogens (tertiary/aromatic N) is 3. The van der Waals surface area contributed by atoms with Gasteiger partial charge in [-0.15, -0.1) is 5.10 Å². The average molecular weight is 262 g/mol. The van der Waals surface area contributed by atoms with Crippen molar-refractivity contribution < 1.29 is 4.39 Å². The molecule has 0 N–H and O–H groups in total. The van der Waals surface area contributed by atoms with E-state index in [0.29, 0.717) is 5.56 Å². The van der Waals surface area contributed by atoms with E-state index in [1.54, 1.807) is 36.8 Å². The molecular weight excluding hydrogens is 253 g/mol. The summed E-state index contributed by atoms with van der Waals surface area (Å²) in [6, 6.07) is 9.36. The predicted octanol–water partition coefficient (Wildman–Crippen LogP) is 3.24. The van der Waals surface area contributed by atoms with Gasteiger partial charge in [0.05, 0.1) is 6.21 Å². The minimum absolute atomic E-state index is 0.204. The minimum Gasteiger partial charge on any atom is -0.264 e. The van der Waals surface area contributed by atoms with Crippen molar-refractivity contribution in [2.45, 2.75) is 0 Å². The number of rotatable bonds is 3. The highest BCUT2D eigenvalue weighted by Crippen LogP contribution is 2.07. The second-order valence-electron chi connectivity index (χ2n) is 3.43. The van der Waals surface area contributed by atoms with Gasteiger partial charge in [-0.1, -0.05) is 17.7 Å². The summed E-state index contributed by atoms with van der Waals surface area (Å²) in [6.45, 7) is 0. The standard InChI is InChI=1S/C13H9ClFN3/c14-13(11-3-5-12(15)6-4-11)18-17-9-10-2-1-7-16-8-10/h1-9H/b17-9+,18-13-. The van der Waals surface area contributed by atoms with Gasteiger partial charge in [0.15, 0.2) is 5.17 Å². The molecule has 1 aromatic carbocycles. The summed E-state index contributed by atoms with van der Waals surface area (Å²) in [5.74, 6) is -0.318. The van der Waals surface area contributed by atoms with E-state index >= 15 is 0 Å². The Hall–Kier alpha value is -2.07. The molecule has 2 aromatic rings. The van der Waals surface area contributed by atoms with Gasteiger partial charge in [-0.3, -0.25) is 4.98 Å². The number of benzene rings is 1. The van der Waals surface area contributed by atoms with Gasteiger partial charge in [0.1, 0.15) is 5.82 Å². The molecule has 0 bridgehead atoms. The molecule has 5 heteroatoms. The molecule has 0 atom stereocenters. The van der Waals surface area contributed by atoms with Crippen molar-refractivity contribution in [2.75, 3.05) is 0 Å². The molecule has 1 aromatic heterocycles. The van der Waals surface area contributed by atoms with Crippen molar-refractivity contribution in [3.05, 3.63) is 65.7 Å². The van der Waals surface area contributed by atoms with Crippen LogP contribution in [0.1, 0.15) is 11.1 Å². The maximum Gasteiger partial charge on any atom is 0.158 e. The topological polar surface area (TPSA) is 37.6 Å². The Kier molecular flexibility index (Phi) is 4.15. The molecule has 0 unspecified atom stereocenters. The molecule has 18 heavy (non-hydrogen) atoms. The van der Waals surface area contributed by atoms with E-state index in [9.17, 15) is 4.39 Å². The van der Waals surface area contributed by atoms with Crippen LogP contribution in [-0.2, 0) is 0 Å². The monoisotopic (exact) mass is 261 g/mol. The Morgan fingerprint density at radius 1 is 1.22 bits per heavy atom. The van der Waals surface area contributed by atoms with Crippen LogP contribution in [0.2, 0.25) is 0 Å². The molecule has 0 aliphatic heterocycles. The van der Waals surface area contributed by atoms with Crippen LogP contribution in [0.4, 0.5) is 4.39 Å². The Balaban J connectivity index is 2.10. The van der Waals surface area contributed by atoms with Crippen molar-refractivity contribution in [1.29, 1.82) is 0 Å². The van der Waals surface area contributed by atoms with Crippen molar-refractivity contribution in [1.82, 2.24) is 4.98 Å². The summed E-state index contributed by atoms with van der Waals surface area (Å²) >= 11 is 5.92. The SMILES string of the molecule is Fc1ccc(/C(Cl)=N/N=C/c2cccnc2)cc1. The Morgan fingerprint density at radius 3 is 2.67 bits per heavy atom. The zero-order valence-electron chi connectivity index (χ0n) is 9.29. The quantitative estimate of drug-likeness (QED) is 0.617. The smallest absolute Gasteiger partial charge is 0.158 e. The maximum atomic E-state index is 12.7. The van der Waals surface area contributed by atoms with E-state index in [-0.39, 0.29) is 11.0 Å². The zero-order valence-corrected chi connectivity index (χ0v) is 10.0. The fourth-order valence-corrected chi connectivity index (χ4v) is 1.41. The molecule has 0 fully saturated rings. The molecule has 1 heterocycles. The minimum atomic E-state index is -0.318. The third kappa shape index (κ3) is 3.46. The first kappa shape index (κ1) is 12.4. The Bertz CT molecular complexity index is 565. The highest BCUT2D eigenvalue weighted by atomic mass is 35.5. The summed E-state index contributed by atoms with van der Waals surface area (Å²) in [5.41, 5.74) is 1.44. The van der Waals surface area contributed by atoms with E-state index in [1.807, 2.05) is 6.07 Å². The van der Waals surface area contributed by atoms with Gasteiger partial charge in [-0.2, -0.15) is 5.10 Å². The third-order valence-electron chi connectivity index (χ3n) is 2.12. The van der Waals surface area contributed by atoms with Crippen LogP contribution in [0, 0.1) is 5.82 Å². The van der Waals surface area contributed by atoms with Crippen molar-refractivity contribution >= 4 is 23.0 Å². The van der Waals surface area contributed by atoms with Crippen LogP contribution in [-0.4, -0.2) is 16.4 Å². The summed E-state index contributed by atoms with van der Waals surface area (Å²) < 4.78 is 12.7. The zero-order chi connectivity index (χ0) is 12.8. The summed E-state index contributed by atoms with van der Waals surface area (Å²) in [5, 5.41) is 7.86. The first-order valence-electron chi connectivity index (χ1n) is 5.18. The van der Waals surface area contributed by atoms with Crippen LogP contribution in [0.15, 0.2) is 59.0 Å². The lowest BCUT2D eigenvalue weighted by Crippen LogP contribution is -1.90. The molecular formula is C13H9ClFN3. The lowest BCUT2D eigenvalue weighted by Gasteiger charge is -1.95. The average Bonchev–Trinajstić information content (AvgIpc) is 2.40. The highest BCUT2D eigenvalue weighted by Gasteiger charge is 1.99. The third-order valence-corrected chi connectivity index (χ3v) is 2.41. The van der Waals surface area contributed by atoms with Crippen molar-refractivity contribution in [2.24, 2.45) is 10.2 Å². The number of aromatic nitrogens is 1. The lowest BCUT2D eigenvalue weighted by molar-refractivity contribution is 0.628. The van der Waals surface area contributed by atoms with Crippen LogP contribution >= 0.6 is 11.6 Å². The fraction of sp³-hybridized carbons (Fsp3) is 0. The normalized spacial score (nSPS) is 12.0. The van der Waals surface area contributed by atoms with Gasteiger partial charge in [0, 0.05) is 23.5 Å². The van der Waals surface area contributed by atoms with Gasteiger partial charge in [0.2, 0.25) is 0 Å². The molecule has 90 valence electrons. The van der Waals surface area contributed by atoms with Crippen molar-refractivity contribution in [3.63, 3.8) is 0 Å². The number of halogens is 2. The van der Waals surface area contributed by atoms with Crippen LogP contribution in [0.3, 0.4) is 0 Å². The molecule has 2 rings (SSSR count). The largest absolute Gasteiger partial charge is 0.264 e. The second-order valence-corrected chi connectivity index (χ2v) is 3.79. The number of pyridine rings is 1. The molecule has 0 saturated heterocycles. The first-order chi connectivity index (χ1) is 8.75. The fourth-order valence-electron chi connectivity index (χ4n) is 1.24. The van der Waals surface area contributed by atoms with E-state index in [0.717, 1.165) is 5.56 Å². The first-order valence-corrected chi connectivity index (χ1v) is 5.56. The molecule has 0 aliphatic rings. The summed E-state index contributed by atoms with van der Waals surface area (Å²) in [6.07, 6.45) is 4.87. The van der Waals surface area contributed by atoms with Gasteiger partial charge in [0.25, 0.3) is 0 Å². The molecule has 0 amide bonds. The second kappa shape index (κ2) is 6.02. The Labute approximate surface area is 109 Å². The maximum absolute atomic E-state index is 12.7. The van der Waals surface area contributed by atoms with E-state index < -0.39 is 0 Å². The molecule has 0 radical (unpaired) electrons. The van der Waals surface area contributed by atoms with Gasteiger partial charge < -0.3 is 0 Å². The van der Waals surface area contributed by atoms with E-state index in [4.69, 9.17) is 11.6 Å². The van der Waals surface area contributed by atoms with E-state index in [2.05, 4.69) is 15.2 Å². The molecule has 3 nitrogen and oxygen atoms in total. The van der Waals surface area contributed by atoms with Gasteiger partial charge in [-0.05, 0) is 30.3 Å².